The van der Waals surface area contributed by atoms with Crippen LogP contribution in [0.5, 0.6) is 0 Å². The number of likely N-dealkylation sites (tertiary alicyclic amines) is 1. The standard InChI is InChI=1S/C20H26N4O/c1-20(2)13-24(18(20)15-8-10-21-11-9-15)19(25)17-12-16(22-23-17)14-6-4-3-5-7-14/h8-12,14,18H,3-7,13H2,1-2H3,(H,22,23). The number of aromatic amines is 1. The van der Waals surface area contributed by atoms with Gasteiger partial charge < -0.3 is 4.90 Å². The van der Waals surface area contributed by atoms with Gasteiger partial charge >= 0.3 is 0 Å². The van der Waals surface area contributed by atoms with Gasteiger partial charge in [0.1, 0.15) is 5.69 Å². The number of hydrogen-bond acceptors (Lipinski definition) is 3. The van der Waals surface area contributed by atoms with Crippen LogP contribution in [0.1, 0.15) is 79.7 Å². The number of carbonyl (C=O) groups is 1. The van der Waals surface area contributed by atoms with Crippen LogP contribution in [0, 0.1) is 5.41 Å². The van der Waals surface area contributed by atoms with Crippen LogP contribution in [0.2, 0.25) is 0 Å². The van der Waals surface area contributed by atoms with Crippen molar-refractivity contribution in [3.05, 3.63) is 47.5 Å². The summed E-state index contributed by atoms with van der Waals surface area (Å²) in [5.41, 5.74) is 2.89. The average molecular weight is 338 g/mol. The maximum Gasteiger partial charge on any atom is 0.274 e. The molecule has 2 aromatic rings. The number of amides is 1. The molecule has 132 valence electrons. The van der Waals surface area contributed by atoms with Gasteiger partial charge in [0.05, 0.1) is 6.04 Å². The summed E-state index contributed by atoms with van der Waals surface area (Å²) in [6.07, 6.45) is 9.87. The molecule has 1 aliphatic heterocycles. The normalized spacial score (nSPS) is 23.3. The predicted molar refractivity (Wildman–Crippen MR) is 96.2 cm³/mol. The molecule has 0 spiro atoms. The molecule has 1 atom stereocenters. The summed E-state index contributed by atoms with van der Waals surface area (Å²) in [7, 11) is 0. The van der Waals surface area contributed by atoms with Crippen molar-refractivity contribution in [1.82, 2.24) is 20.1 Å². The lowest BCUT2D eigenvalue weighted by atomic mass is 9.71. The molecule has 0 radical (unpaired) electrons. The van der Waals surface area contributed by atoms with Crippen LogP contribution in [0.25, 0.3) is 0 Å². The zero-order valence-corrected chi connectivity index (χ0v) is 15.0. The lowest BCUT2D eigenvalue weighted by molar-refractivity contribution is -0.0326. The molecule has 5 nitrogen and oxygen atoms in total. The average Bonchev–Trinajstić information content (AvgIpc) is 3.11. The summed E-state index contributed by atoms with van der Waals surface area (Å²) in [4.78, 5) is 19.1. The van der Waals surface area contributed by atoms with Crippen LogP contribution in [-0.2, 0) is 0 Å². The van der Waals surface area contributed by atoms with Crippen molar-refractivity contribution in [1.29, 1.82) is 0 Å². The van der Waals surface area contributed by atoms with Crippen molar-refractivity contribution >= 4 is 5.91 Å². The summed E-state index contributed by atoms with van der Waals surface area (Å²) in [6, 6.07) is 6.07. The zero-order chi connectivity index (χ0) is 17.4. The predicted octanol–water partition coefficient (Wildman–Crippen LogP) is 4.08. The minimum atomic E-state index is 0.0273. The van der Waals surface area contributed by atoms with E-state index < -0.39 is 0 Å². The van der Waals surface area contributed by atoms with Crippen LogP contribution < -0.4 is 0 Å². The third-order valence-corrected chi connectivity index (χ3v) is 5.77. The van der Waals surface area contributed by atoms with E-state index in [1.807, 2.05) is 23.1 Å². The Hall–Kier alpha value is -2.17. The molecule has 2 aromatic heterocycles. The van der Waals surface area contributed by atoms with E-state index in [4.69, 9.17) is 0 Å². The van der Waals surface area contributed by atoms with E-state index in [9.17, 15) is 4.79 Å². The minimum Gasteiger partial charge on any atom is -0.329 e. The van der Waals surface area contributed by atoms with Gasteiger partial charge in [0.25, 0.3) is 5.91 Å². The zero-order valence-electron chi connectivity index (χ0n) is 15.0. The van der Waals surface area contributed by atoms with Gasteiger partial charge in [-0.3, -0.25) is 14.9 Å². The first kappa shape index (κ1) is 16.3. The third-order valence-electron chi connectivity index (χ3n) is 5.77. The van der Waals surface area contributed by atoms with E-state index in [1.165, 1.54) is 32.1 Å². The Morgan fingerprint density at radius 1 is 1.20 bits per heavy atom. The van der Waals surface area contributed by atoms with E-state index in [2.05, 4.69) is 29.0 Å². The summed E-state index contributed by atoms with van der Waals surface area (Å²) >= 11 is 0. The number of nitrogens with one attached hydrogen (secondary N) is 1. The lowest BCUT2D eigenvalue weighted by Crippen LogP contribution is -2.57. The van der Waals surface area contributed by atoms with E-state index in [0.717, 1.165) is 17.8 Å². The second-order valence-electron chi connectivity index (χ2n) is 8.15. The van der Waals surface area contributed by atoms with Gasteiger partial charge in [-0.1, -0.05) is 33.1 Å². The highest BCUT2D eigenvalue weighted by Gasteiger charge is 2.49. The molecular formula is C20H26N4O. The maximum absolute atomic E-state index is 13.0. The Labute approximate surface area is 148 Å². The Balaban J connectivity index is 1.54. The molecule has 25 heavy (non-hydrogen) atoms. The van der Waals surface area contributed by atoms with E-state index in [0.29, 0.717) is 11.6 Å². The fourth-order valence-electron chi connectivity index (χ4n) is 4.51. The van der Waals surface area contributed by atoms with Crippen LogP contribution in [-0.4, -0.2) is 32.5 Å². The second-order valence-corrected chi connectivity index (χ2v) is 8.15. The monoisotopic (exact) mass is 338 g/mol. The number of hydrogen-bond donors (Lipinski definition) is 1. The Morgan fingerprint density at radius 3 is 2.60 bits per heavy atom. The molecule has 5 heteroatoms. The summed E-state index contributed by atoms with van der Waals surface area (Å²) in [5.74, 6) is 0.561. The van der Waals surface area contributed by atoms with Gasteiger partial charge in [-0.15, -0.1) is 0 Å². The fraction of sp³-hybridized carbons (Fsp3) is 0.550. The number of aromatic nitrogens is 3. The van der Waals surface area contributed by atoms with Crippen LogP contribution in [0.15, 0.2) is 30.6 Å². The van der Waals surface area contributed by atoms with Crippen molar-refractivity contribution < 1.29 is 4.79 Å². The van der Waals surface area contributed by atoms with Crippen molar-refractivity contribution in [3.8, 4) is 0 Å². The molecule has 4 rings (SSSR count). The molecule has 2 aliphatic rings. The number of rotatable bonds is 3. The summed E-state index contributed by atoms with van der Waals surface area (Å²) in [6.45, 7) is 5.17. The molecule has 1 amide bonds. The largest absolute Gasteiger partial charge is 0.329 e. The first-order valence-electron chi connectivity index (χ1n) is 9.32. The molecule has 3 heterocycles. The van der Waals surface area contributed by atoms with Crippen molar-refractivity contribution in [2.75, 3.05) is 6.54 Å². The molecule has 1 saturated carbocycles. The lowest BCUT2D eigenvalue weighted by Gasteiger charge is -2.54. The first-order chi connectivity index (χ1) is 12.1. The Morgan fingerprint density at radius 2 is 1.92 bits per heavy atom. The fourth-order valence-corrected chi connectivity index (χ4v) is 4.51. The second kappa shape index (κ2) is 6.28. The van der Waals surface area contributed by atoms with Gasteiger partial charge in [-0.25, -0.2) is 0 Å². The molecule has 1 N–H and O–H groups in total. The van der Waals surface area contributed by atoms with Crippen LogP contribution in [0.4, 0.5) is 0 Å². The van der Waals surface area contributed by atoms with Crippen LogP contribution >= 0.6 is 0 Å². The topological polar surface area (TPSA) is 61.9 Å². The molecular weight excluding hydrogens is 312 g/mol. The minimum absolute atomic E-state index is 0.0273. The highest BCUT2D eigenvalue weighted by molar-refractivity contribution is 5.93. The third kappa shape index (κ3) is 2.96. The van der Waals surface area contributed by atoms with Crippen molar-refractivity contribution in [2.45, 2.75) is 57.9 Å². The van der Waals surface area contributed by atoms with Crippen molar-refractivity contribution in [2.24, 2.45) is 5.41 Å². The highest BCUT2D eigenvalue weighted by atomic mass is 16.2. The van der Waals surface area contributed by atoms with Gasteiger partial charge in [-0.05, 0) is 36.6 Å². The number of pyridine rings is 1. The van der Waals surface area contributed by atoms with E-state index in [-0.39, 0.29) is 17.4 Å². The SMILES string of the molecule is CC1(C)CN(C(=O)c2cc(C3CCCCC3)[nH]n2)C1c1ccncc1. The number of H-pyrrole nitrogens is 1. The quantitative estimate of drug-likeness (QED) is 0.917. The number of nitrogens with zero attached hydrogens (tertiary/aromatic N) is 3. The molecule has 2 fully saturated rings. The summed E-state index contributed by atoms with van der Waals surface area (Å²) in [5, 5.41) is 7.47. The smallest absolute Gasteiger partial charge is 0.274 e. The summed E-state index contributed by atoms with van der Waals surface area (Å²) < 4.78 is 0. The first-order valence-corrected chi connectivity index (χ1v) is 9.32. The van der Waals surface area contributed by atoms with Gasteiger partial charge in [0.15, 0.2) is 0 Å². The molecule has 1 aliphatic carbocycles. The van der Waals surface area contributed by atoms with Gasteiger partial charge in [0.2, 0.25) is 0 Å². The van der Waals surface area contributed by atoms with E-state index in [1.54, 1.807) is 12.4 Å². The van der Waals surface area contributed by atoms with Crippen molar-refractivity contribution in [3.63, 3.8) is 0 Å². The van der Waals surface area contributed by atoms with Gasteiger partial charge in [-0.2, -0.15) is 5.10 Å². The Bertz CT molecular complexity index is 746. The van der Waals surface area contributed by atoms with Crippen LogP contribution in [0.3, 0.4) is 0 Å². The van der Waals surface area contributed by atoms with Gasteiger partial charge in [0, 0.05) is 36.0 Å². The maximum atomic E-state index is 13.0. The molecule has 0 bridgehead atoms. The van der Waals surface area contributed by atoms with E-state index >= 15 is 0 Å². The number of carbonyl (C=O) groups excluding carboxylic acids is 1. The molecule has 1 unspecified atom stereocenters. The molecule has 1 saturated heterocycles. The Kier molecular flexibility index (Phi) is 4.10. The highest BCUT2D eigenvalue weighted by Crippen LogP contribution is 2.48. The molecule has 0 aromatic carbocycles.